The molecule has 2 rings (SSSR count). The van der Waals surface area contributed by atoms with Crippen molar-refractivity contribution >= 4 is 23.4 Å². The molecule has 100 valence electrons. The molecule has 0 radical (unpaired) electrons. The molecule has 1 heterocycles. The van der Waals surface area contributed by atoms with Crippen LogP contribution in [0.4, 0.5) is 10.3 Å². The molecule has 0 saturated heterocycles. The molecule has 0 fully saturated rings. The van der Waals surface area contributed by atoms with Crippen LogP contribution in [0.2, 0.25) is 5.02 Å². The minimum Gasteiger partial charge on any atom is -0.338 e. The standard InChI is InChI=1S/C13H12ClFN2O2/c1-7(2)11-6-12(19-17-11)16-13(18)9-5-8(14)3-4-10(9)15/h3-7H,1-2H3,(H,16,18). The van der Waals surface area contributed by atoms with E-state index in [2.05, 4.69) is 10.5 Å². The Hall–Kier alpha value is -1.88. The lowest BCUT2D eigenvalue weighted by Gasteiger charge is -2.03. The highest BCUT2D eigenvalue weighted by Gasteiger charge is 2.15. The lowest BCUT2D eigenvalue weighted by molar-refractivity contribution is 0.102. The molecule has 0 atom stereocenters. The molecule has 0 aliphatic carbocycles. The first-order chi connectivity index (χ1) is 8.97. The first-order valence-corrected chi connectivity index (χ1v) is 6.08. The number of aromatic nitrogens is 1. The van der Waals surface area contributed by atoms with Crippen molar-refractivity contribution in [3.05, 3.63) is 46.4 Å². The van der Waals surface area contributed by atoms with Gasteiger partial charge in [0.2, 0.25) is 5.88 Å². The van der Waals surface area contributed by atoms with Gasteiger partial charge in [-0.1, -0.05) is 30.6 Å². The van der Waals surface area contributed by atoms with Gasteiger partial charge in [-0.3, -0.25) is 10.1 Å². The highest BCUT2D eigenvalue weighted by Crippen LogP contribution is 2.20. The summed E-state index contributed by atoms with van der Waals surface area (Å²) >= 11 is 5.73. The normalized spacial score (nSPS) is 10.8. The van der Waals surface area contributed by atoms with Crippen molar-refractivity contribution in [1.29, 1.82) is 0 Å². The van der Waals surface area contributed by atoms with Gasteiger partial charge >= 0.3 is 0 Å². The van der Waals surface area contributed by atoms with Crippen molar-refractivity contribution in [2.24, 2.45) is 0 Å². The molecule has 2 aromatic rings. The number of nitrogens with one attached hydrogen (secondary N) is 1. The fourth-order valence-electron chi connectivity index (χ4n) is 1.47. The Morgan fingerprint density at radius 2 is 2.16 bits per heavy atom. The Labute approximate surface area is 114 Å². The van der Waals surface area contributed by atoms with E-state index in [1.165, 1.54) is 12.1 Å². The van der Waals surface area contributed by atoms with Gasteiger partial charge in [0.05, 0.1) is 11.3 Å². The third-order valence-corrected chi connectivity index (χ3v) is 2.76. The smallest absolute Gasteiger partial charge is 0.261 e. The molecule has 4 nitrogen and oxygen atoms in total. The van der Waals surface area contributed by atoms with E-state index >= 15 is 0 Å². The molecule has 0 spiro atoms. The second kappa shape index (κ2) is 5.40. The fourth-order valence-corrected chi connectivity index (χ4v) is 1.64. The van der Waals surface area contributed by atoms with E-state index in [9.17, 15) is 9.18 Å². The summed E-state index contributed by atoms with van der Waals surface area (Å²) in [6.07, 6.45) is 0. The van der Waals surface area contributed by atoms with Crippen LogP contribution in [0.3, 0.4) is 0 Å². The van der Waals surface area contributed by atoms with Crippen molar-refractivity contribution in [3.63, 3.8) is 0 Å². The second-order valence-corrected chi connectivity index (χ2v) is 4.79. The Morgan fingerprint density at radius 1 is 1.42 bits per heavy atom. The quantitative estimate of drug-likeness (QED) is 0.930. The third-order valence-electron chi connectivity index (χ3n) is 2.53. The molecule has 0 aliphatic heterocycles. The lowest BCUT2D eigenvalue weighted by atomic mass is 10.1. The largest absolute Gasteiger partial charge is 0.338 e. The molecular formula is C13H12ClFN2O2. The zero-order valence-corrected chi connectivity index (χ0v) is 11.2. The average Bonchev–Trinajstić information content (AvgIpc) is 2.80. The SMILES string of the molecule is CC(C)c1cc(NC(=O)c2cc(Cl)ccc2F)on1. The monoisotopic (exact) mass is 282 g/mol. The van der Waals surface area contributed by atoms with E-state index in [0.29, 0.717) is 5.69 Å². The summed E-state index contributed by atoms with van der Waals surface area (Å²) in [5.41, 5.74) is 0.567. The number of rotatable bonds is 3. The summed E-state index contributed by atoms with van der Waals surface area (Å²) in [5, 5.41) is 6.51. The number of carbonyl (C=O) groups excluding carboxylic acids is 1. The summed E-state index contributed by atoms with van der Waals surface area (Å²) in [4.78, 5) is 11.9. The van der Waals surface area contributed by atoms with Crippen LogP contribution in [-0.2, 0) is 0 Å². The Kier molecular flexibility index (Phi) is 3.85. The Balaban J connectivity index is 2.18. The fraction of sp³-hybridized carbons (Fsp3) is 0.231. The van der Waals surface area contributed by atoms with E-state index in [1.54, 1.807) is 6.07 Å². The number of benzene rings is 1. The summed E-state index contributed by atoms with van der Waals surface area (Å²) in [5.74, 6) is -0.928. The zero-order chi connectivity index (χ0) is 14.0. The van der Waals surface area contributed by atoms with Crippen LogP contribution < -0.4 is 5.32 Å². The van der Waals surface area contributed by atoms with Crippen molar-refractivity contribution in [2.45, 2.75) is 19.8 Å². The third kappa shape index (κ3) is 3.12. The molecule has 0 aliphatic rings. The first-order valence-electron chi connectivity index (χ1n) is 5.70. The second-order valence-electron chi connectivity index (χ2n) is 4.35. The highest BCUT2D eigenvalue weighted by atomic mass is 35.5. The number of nitrogens with zero attached hydrogens (tertiary/aromatic N) is 1. The number of halogens is 2. The molecule has 1 amide bonds. The van der Waals surface area contributed by atoms with Gasteiger partial charge in [0.25, 0.3) is 5.91 Å². The summed E-state index contributed by atoms with van der Waals surface area (Å²) in [7, 11) is 0. The highest BCUT2D eigenvalue weighted by molar-refractivity contribution is 6.31. The van der Waals surface area contributed by atoms with Crippen LogP contribution in [0, 0.1) is 5.82 Å². The van der Waals surface area contributed by atoms with Gasteiger partial charge in [0.1, 0.15) is 5.82 Å². The number of anilines is 1. The summed E-state index contributed by atoms with van der Waals surface area (Å²) in [6.45, 7) is 3.89. The van der Waals surface area contributed by atoms with E-state index < -0.39 is 11.7 Å². The van der Waals surface area contributed by atoms with Gasteiger partial charge in [0, 0.05) is 11.1 Å². The zero-order valence-electron chi connectivity index (χ0n) is 10.4. The molecule has 0 unspecified atom stereocenters. The van der Waals surface area contributed by atoms with Crippen molar-refractivity contribution < 1.29 is 13.7 Å². The molecule has 6 heteroatoms. The molecule has 1 aromatic heterocycles. The van der Waals surface area contributed by atoms with Gasteiger partial charge in [-0.15, -0.1) is 0 Å². The maximum atomic E-state index is 13.5. The first kappa shape index (κ1) is 13.5. The number of hydrogen-bond acceptors (Lipinski definition) is 3. The predicted molar refractivity (Wildman–Crippen MR) is 70.0 cm³/mol. The lowest BCUT2D eigenvalue weighted by Crippen LogP contribution is -2.13. The number of hydrogen-bond donors (Lipinski definition) is 1. The van der Waals surface area contributed by atoms with Crippen LogP contribution in [0.25, 0.3) is 0 Å². The Bertz CT molecular complexity index is 610. The van der Waals surface area contributed by atoms with Crippen LogP contribution in [0.1, 0.15) is 35.8 Å². The van der Waals surface area contributed by atoms with E-state index in [4.69, 9.17) is 16.1 Å². The molecule has 1 aromatic carbocycles. The Morgan fingerprint density at radius 3 is 2.79 bits per heavy atom. The molecule has 1 N–H and O–H groups in total. The summed E-state index contributed by atoms with van der Waals surface area (Å²) in [6, 6.07) is 5.37. The maximum absolute atomic E-state index is 13.5. The van der Waals surface area contributed by atoms with E-state index in [1.807, 2.05) is 13.8 Å². The van der Waals surface area contributed by atoms with Crippen LogP contribution in [-0.4, -0.2) is 11.1 Å². The predicted octanol–water partition coefficient (Wildman–Crippen LogP) is 3.84. The number of carbonyl (C=O) groups is 1. The van der Waals surface area contributed by atoms with Gasteiger partial charge in [-0.05, 0) is 24.1 Å². The average molecular weight is 283 g/mol. The van der Waals surface area contributed by atoms with E-state index in [0.717, 1.165) is 6.07 Å². The number of amides is 1. The van der Waals surface area contributed by atoms with Gasteiger partial charge in [-0.25, -0.2) is 4.39 Å². The summed E-state index contributed by atoms with van der Waals surface area (Å²) < 4.78 is 18.4. The molecule has 0 bridgehead atoms. The van der Waals surface area contributed by atoms with Gasteiger partial charge < -0.3 is 4.52 Å². The van der Waals surface area contributed by atoms with Crippen molar-refractivity contribution in [3.8, 4) is 0 Å². The van der Waals surface area contributed by atoms with Crippen molar-refractivity contribution in [1.82, 2.24) is 5.16 Å². The molecule has 19 heavy (non-hydrogen) atoms. The van der Waals surface area contributed by atoms with E-state index in [-0.39, 0.29) is 22.4 Å². The van der Waals surface area contributed by atoms with Gasteiger partial charge in [0.15, 0.2) is 0 Å². The van der Waals surface area contributed by atoms with Gasteiger partial charge in [-0.2, -0.15) is 0 Å². The van der Waals surface area contributed by atoms with Crippen LogP contribution >= 0.6 is 11.6 Å². The topological polar surface area (TPSA) is 55.1 Å². The van der Waals surface area contributed by atoms with Crippen LogP contribution in [0.15, 0.2) is 28.8 Å². The maximum Gasteiger partial charge on any atom is 0.261 e. The minimum absolute atomic E-state index is 0.144. The minimum atomic E-state index is -0.648. The molecule has 0 saturated carbocycles. The van der Waals surface area contributed by atoms with Crippen LogP contribution in [0.5, 0.6) is 0 Å². The molecular weight excluding hydrogens is 271 g/mol. The van der Waals surface area contributed by atoms with Crippen molar-refractivity contribution in [2.75, 3.05) is 5.32 Å².